The van der Waals surface area contributed by atoms with E-state index in [0.717, 1.165) is 26.9 Å². The molecule has 8 heteroatoms. The number of hydrogen-bond acceptors (Lipinski definition) is 6. The Kier molecular flexibility index (Phi) is 5.75. The van der Waals surface area contributed by atoms with Crippen molar-refractivity contribution in [3.05, 3.63) is 120 Å². The van der Waals surface area contributed by atoms with Crippen LogP contribution < -0.4 is 14.9 Å². The number of para-hydroxylation sites is 1. The van der Waals surface area contributed by atoms with Gasteiger partial charge in [-0.2, -0.15) is 0 Å². The predicted molar refractivity (Wildman–Crippen MR) is 144 cm³/mol. The number of nitrogens with zero attached hydrogens (tertiary/aromatic N) is 2. The second-order valence-corrected chi connectivity index (χ2v) is 10.2. The summed E-state index contributed by atoms with van der Waals surface area (Å²) in [6, 6.07) is 20.8. The summed E-state index contributed by atoms with van der Waals surface area (Å²) in [6.45, 7) is 2.00. The number of carbonyl (C=O) groups is 1. The highest BCUT2D eigenvalue weighted by Crippen LogP contribution is 2.36. The summed E-state index contributed by atoms with van der Waals surface area (Å²) in [5.41, 5.74) is 3.46. The van der Waals surface area contributed by atoms with E-state index < -0.39 is 12.0 Å². The van der Waals surface area contributed by atoms with Gasteiger partial charge < -0.3 is 9.72 Å². The van der Waals surface area contributed by atoms with Crippen LogP contribution in [0, 0.1) is 0 Å². The number of thiophene rings is 1. The smallest absolute Gasteiger partial charge is 0.338 e. The van der Waals surface area contributed by atoms with Crippen LogP contribution in [0.5, 0.6) is 0 Å². The number of esters is 1. The van der Waals surface area contributed by atoms with Crippen molar-refractivity contribution in [1.29, 1.82) is 0 Å². The molecule has 0 bridgehead atoms. The van der Waals surface area contributed by atoms with Gasteiger partial charge in [-0.25, -0.2) is 9.79 Å². The number of thiazole rings is 1. The van der Waals surface area contributed by atoms with Crippen molar-refractivity contribution >= 4 is 51.3 Å². The quantitative estimate of drug-likeness (QED) is 0.354. The minimum atomic E-state index is -0.624. The lowest BCUT2D eigenvalue weighted by Gasteiger charge is -2.24. The first-order valence-electron chi connectivity index (χ1n) is 11.5. The molecular formula is C28H21N3O3S2. The molecule has 36 heavy (non-hydrogen) atoms. The number of carbonyl (C=O) groups excluding carboxylic acids is 1. The average molecular weight is 512 g/mol. The van der Waals surface area contributed by atoms with Crippen LogP contribution in [0.3, 0.4) is 0 Å². The van der Waals surface area contributed by atoms with Crippen LogP contribution in [0.25, 0.3) is 22.7 Å². The molecular weight excluding hydrogens is 490 g/mol. The van der Waals surface area contributed by atoms with Crippen LogP contribution in [0.1, 0.15) is 29.0 Å². The Morgan fingerprint density at radius 3 is 2.69 bits per heavy atom. The van der Waals surface area contributed by atoms with Gasteiger partial charge in [0.05, 0.1) is 22.4 Å². The number of fused-ring (bicyclic) bond motifs is 2. The van der Waals surface area contributed by atoms with Crippen molar-refractivity contribution in [3.63, 3.8) is 0 Å². The monoisotopic (exact) mass is 511 g/mol. The Morgan fingerprint density at radius 1 is 1.11 bits per heavy atom. The Balaban J connectivity index is 1.64. The molecule has 6 nitrogen and oxygen atoms in total. The van der Waals surface area contributed by atoms with E-state index in [0.29, 0.717) is 20.6 Å². The summed E-state index contributed by atoms with van der Waals surface area (Å²) in [7, 11) is 0. The van der Waals surface area contributed by atoms with E-state index in [1.54, 1.807) is 11.5 Å². The number of benzene rings is 2. The van der Waals surface area contributed by atoms with Crippen LogP contribution in [0.15, 0.2) is 93.7 Å². The summed E-state index contributed by atoms with van der Waals surface area (Å²) in [5, 5.41) is 2.98. The van der Waals surface area contributed by atoms with Crippen molar-refractivity contribution in [2.24, 2.45) is 4.99 Å². The van der Waals surface area contributed by atoms with Crippen LogP contribution in [-0.4, -0.2) is 22.1 Å². The standard InChI is InChI=1S/C28H21N3O3S2/c1-2-34-27(33)23-24(17-9-4-3-5-10-17)30-28-31(25(23)21-13-8-14-35-21)26(32)22(36-28)15-18-16-29-20-12-7-6-11-19(18)20/h3-16,25,29H,2H2,1H3/b22-15-. The highest BCUT2D eigenvalue weighted by atomic mass is 32.1. The van der Waals surface area contributed by atoms with Gasteiger partial charge >= 0.3 is 5.97 Å². The maximum absolute atomic E-state index is 13.9. The second-order valence-electron chi connectivity index (χ2n) is 8.24. The van der Waals surface area contributed by atoms with Crippen LogP contribution in [0.2, 0.25) is 0 Å². The number of hydrogen-bond donors (Lipinski definition) is 1. The van der Waals surface area contributed by atoms with Gasteiger partial charge in [0, 0.05) is 33.1 Å². The van der Waals surface area contributed by atoms with E-state index in [9.17, 15) is 9.59 Å². The average Bonchev–Trinajstić information content (AvgIpc) is 3.64. The lowest BCUT2D eigenvalue weighted by Crippen LogP contribution is -2.39. The predicted octanol–water partition coefficient (Wildman–Crippen LogP) is 4.48. The number of H-pyrrole nitrogens is 1. The number of ether oxygens (including phenoxy) is 1. The van der Waals surface area contributed by atoms with Gasteiger partial charge in [-0.3, -0.25) is 9.36 Å². The Hall–Kier alpha value is -4.01. The summed E-state index contributed by atoms with van der Waals surface area (Å²) in [6.07, 6.45) is 3.80. The maximum atomic E-state index is 13.9. The molecule has 1 unspecified atom stereocenters. The summed E-state index contributed by atoms with van der Waals surface area (Å²) < 4.78 is 7.67. The third-order valence-corrected chi connectivity index (χ3v) is 8.00. The molecule has 178 valence electrons. The number of rotatable bonds is 5. The normalized spacial score (nSPS) is 15.7. The molecule has 0 aliphatic carbocycles. The zero-order valence-electron chi connectivity index (χ0n) is 19.3. The zero-order chi connectivity index (χ0) is 24.6. The zero-order valence-corrected chi connectivity index (χ0v) is 20.9. The van der Waals surface area contributed by atoms with Crippen molar-refractivity contribution in [2.75, 3.05) is 6.61 Å². The molecule has 1 aliphatic heterocycles. The fourth-order valence-corrected chi connectivity index (χ4v) is 6.33. The van der Waals surface area contributed by atoms with Gasteiger partial charge in [0.1, 0.15) is 6.04 Å². The van der Waals surface area contributed by atoms with Crippen molar-refractivity contribution < 1.29 is 9.53 Å². The van der Waals surface area contributed by atoms with Gasteiger partial charge in [0.2, 0.25) is 0 Å². The summed E-state index contributed by atoms with van der Waals surface area (Å²) in [4.78, 5) is 36.8. The Bertz CT molecular complexity index is 1790. The fraction of sp³-hybridized carbons (Fsp3) is 0.107. The Morgan fingerprint density at radius 2 is 1.92 bits per heavy atom. The highest BCUT2D eigenvalue weighted by molar-refractivity contribution is 7.10. The third-order valence-electron chi connectivity index (χ3n) is 6.09. The van der Waals surface area contributed by atoms with Gasteiger partial charge in [-0.05, 0) is 30.5 Å². The molecule has 0 radical (unpaired) electrons. The lowest BCUT2D eigenvalue weighted by atomic mass is 9.97. The first-order valence-corrected chi connectivity index (χ1v) is 13.2. The van der Waals surface area contributed by atoms with Crippen LogP contribution in [-0.2, 0) is 9.53 Å². The number of aromatic amines is 1. The SMILES string of the molecule is CCOC(=O)C1=C(c2ccccc2)N=c2s/c(=C\c3c[nH]c4ccccc34)c(=O)n2C1c1cccs1. The minimum absolute atomic E-state index is 0.184. The molecule has 1 N–H and O–H groups in total. The maximum Gasteiger partial charge on any atom is 0.338 e. The molecule has 0 fully saturated rings. The van der Waals surface area contributed by atoms with E-state index in [1.807, 2.05) is 84.4 Å². The molecule has 4 heterocycles. The fourth-order valence-electron chi connectivity index (χ4n) is 4.51. The van der Waals surface area contributed by atoms with E-state index in [1.165, 1.54) is 22.7 Å². The molecule has 0 spiro atoms. The first-order chi connectivity index (χ1) is 17.7. The Labute approximate surface area is 214 Å². The topological polar surface area (TPSA) is 76.4 Å². The minimum Gasteiger partial charge on any atom is -0.463 e. The molecule has 1 atom stereocenters. The van der Waals surface area contributed by atoms with Gasteiger partial charge in [0.15, 0.2) is 4.80 Å². The largest absolute Gasteiger partial charge is 0.463 e. The molecule has 2 aromatic carbocycles. The molecule has 0 amide bonds. The molecule has 6 rings (SSSR count). The van der Waals surface area contributed by atoms with E-state index in [4.69, 9.17) is 9.73 Å². The summed E-state index contributed by atoms with van der Waals surface area (Å²) in [5.74, 6) is -0.468. The molecule has 5 aromatic rings. The van der Waals surface area contributed by atoms with Gasteiger partial charge in [0.25, 0.3) is 5.56 Å². The van der Waals surface area contributed by atoms with E-state index in [-0.39, 0.29) is 12.2 Å². The molecule has 1 aliphatic rings. The van der Waals surface area contributed by atoms with Gasteiger partial charge in [-0.15, -0.1) is 11.3 Å². The van der Waals surface area contributed by atoms with E-state index >= 15 is 0 Å². The molecule has 3 aromatic heterocycles. The van der Waals surface area contributed by atoms with Crippen LogP contribution in [0.4, 0.5) is 0 Å². The third kappa shape index (κ3) is 3.75. The lowest BCUT2D eigenvalue weighted by molar-refractivity contribution is -0.138. The van der Waals surface area contributed by atoms with Crippen molar-refractivity contribution in [2.45, 2.75) is 13.0 Å². The number of nitrogens with one attached hydrogen (secondary N) is 1. The van der Waals surface area contributed by atoms with Gasteiger partial charge in [-0.1, -0.05) is 65.9 Å². The summed E-state index contributed by atoms with van der Waals surface area (Å²) >= 11 is 2.83. The van der Waals surface area contributed by atoms with Crippen molar-refractivity contribution in [3.8, 4) is 0 Å². The first kappa shape index (κ1) is 22.5. The second kappa shape index (κ2) is 9.22. The van der Waals surface area contributed by atoms with Crippen LogP contribution >= 0.6 is 22.7 Å². The van der Waals surface area contributed by atoms with E-state index in [2.05, 4.69) is 4.98 Å². The molecule has 0 saturated heterocycles. The highest BCUT2D eigenvalue weighted by Gasteiger charge is 2.35. The molecule has 0 saturated carbocycles. The number of aromatic nitrogens is 2. The van der Waals surface area contributed by atoms with Crippen molar-refractivity contribution in [1.82, 2.24) is 9.55 Å².